The summed E-state index contributed by atoms with van der Waals surface area (Å²) in [6, 6.07) is 0. The van der Waals surface area contributed by atoms with Crippen molar-refractivity contribution in [2.45, 2.75) is 0 Å². The van der Waals surface area contributed by atoms with E-state index in [9.17, 15) is 0 Å². The fourth-order valence-electron chi connectivity index (χ4n) is 0.878. The van der Waals surface area contributed by atoms with Crippen LogP contribution < -0.4 is 5.73 Å². The van der Waals surface area contributed by atoms with Crippen molar-refractivity contribution in [1.82, 2.24) is 19.5 Å². The van der Waals surface area contributed by atoms with Gasteiger partial charge in [-0.2, -0.15) is 0 Å². The van der Waals surface area contributed by atoms with Crippen molar-refractivity contribution < 1.29 is 32.7 Å². The summed E-state index contributed by atoms with van der Waals surface area (Å²) in [4.78, 5) is 11.6. The van der Waals surface area contributed by atoms with Gasteiger partial charge < -0.3 is 20.3 Å². The number of fused-ring (bicyclic) bond motifs is 1. The van der Waals surface area contributed by atoms with Gasteiger partial charge in [0.15, 0.2) is 0 Å². The Bertz CT molecular complexity index is 396. The topological polar surface area (TPSA) is 69.6 Å². The number of hydrogen-bond acceptors (Lipinski definition) is 4. The van der Waals surface area contributed by atoms with Crippen LogP contribution in [0.5, 0.6) is 0 Å². The molecule has 2 N–H and O–H groups in total. The molecule has 2 rings (SSSR count). The predicted octanol–water partition coefficient (Wildman–Crippen LogP) is -0.257. The molecule has 5 nitrogen and oxygen atoms in total. The monoisotopic (exact) mass is 237 g/mol. The number of aryl methyl sites for hydroxylation is 1. The summed E-state index contributed by atoms with van der Waals surface area (Å²) in [5.74, 6) is 0.223. The number of rotatable bonds is 0. The van der Waals surface area contributed by atoms with Crippen LogP contribution in [-0.2, 0) is 39.8 Å². The number of nitrogens with two attached hydrogens (primary N) is 1. The van der Waals surface area contributed by atoms with Gasteiger partial charge in [0.05, 0.1) is 6.33 Å². The van der Waals surface area contributed by atoms with E-state index in [1.165, 1.54) is 0 Å². The maximum Gasteiger partial charge on any atom is 0.105 e. The van der Waals surface area contributed by atoms with Gasteiger partial charge in [-0.05, 0) is 6.20 Å². The molecule has 0 amide bonds. The molecular formula is C6H6N5Y-. The van der Waals surface area contributed by atoms with Crippen molar-refractivity contribution in [1.29, 1.82) is 0 Å². The number of hydrogen-bond donors (Lipinski definition) is 1. The molecule has 59 valence electrons. The maximum atomic E-state index is 5.36. The third kappa shape index (κ3) is 1.47. The second-order valence-electron chi connectivity index (χ2n) is 2.22. The van der Waals surface area contributed by atoms with Gasteiger partial charge in [0.2, 0.25) is 0 Å². The van der Waals surface area contributed by atoms with Crippen LogP contribution in [0.25, 0.3) is 11.2 Å². The zero-order chi connectivity index (χ0) is 7.84. The normalized spacial score (nSPS) is 9.75. The van der Waals surface area contributed by atoms with Gasteiger partial charge in [0.25, 0.3) is 0 Å². The number of imidazole rings is 1. The fraction of sp³-hybridized carbons (Fsp3) is 0.167. The first-order chi connectivity index (χ1) is 5.27. The molecule has 6 heteroatoms. The van der Waals surface area contributed by atoms with E-state index < -0.39 is 0 Å². The Hall–Kier alpha value is -0.546. The molecule has 0 saturated heterocycles. The molecule has 0 aromatic carbocycles. The quantitative estimate of drug-likeness (QED) is 0.641. The third-order valence-electron chi connectivity index (χ3n) is 1.40. The van der Waals surface area contributed by atoms with E-state index >= 15 is 0 Å². The van der Waals surface area contributed by atoms with Crippen LogP contribution >= 0.6 is 0 Å². The molecule has 0 aliphatic carbocycles. The third-order valence-corrected chi connectivity index (χ3v) is 1.40. The summed E-state index contributed by atoms with van der Waals surface area (Å²) >= 11 is 0. The first-order valence-electron chi connectivity index (χ1n) is 3.09. The van der Waals surface area contributed by atoms with E-state index in [-0.39, 0.29) is 38.7 Å². The molecule has 0 aliphatic heterocycles. The minimum atomic E-state index is 0. The SMILES string of the molecule is Cn1cnc2[c-]nc(N)nc21.[Y]. The largest absolute Gasteiger partial charge is 0.420 e. The summed E-state index contributed by atoms with van der Waals surface area (Å²) in [7, 11) is 1.84. The van der Waals surface area contributed by atoms with Gasteiger partial charge in [-0.1, -0.05) is 0 Å². The number of nitrogens with zero attached hydrogens (tertiary/aromatic N) is 4. The van der Waals surface area contributed by atoms with E-state index in [2.05, 4.69) is 21.1 Å². The Morgan fingerprint density at radius 1 is 1.58 bits per heavy atom. The summed E-state index contributed by atoms with van der Waals surface area (Å²) < 4.78 is 1.77. The van der Waals surface area contributed by atoms with Gasteiger partial charge in [-0.25, -0.2) is 0 Å². The minimum Gasteiger partial charge on any atom is -0.420 e. The van der Waals surface area contributed by atoms with Crippen molar-refractivity contribution in [3.63, 3.8) is 0 Å². The fourth-order valence-corrected chi connectivity index (χ4v) is 0.878. The molecule has 0 aliphatic rings. The molecule has 0 atom stereocenters. The van der Waals surface area contributed by atoms with E-state index in [0.717, 1.165) is 0 Å². The molecule has 2 aromatic heterocycles. The molecule has 2 aromatic rings. The Morgan fingerprint density at radius 2 is 2.33 bits per heavy atom. The zero-order valence-corrected chi connectivity index (χ0v) is 9.36. The van der Waals surface area contributed by atoms with E-state index in [4.69, 9.17) is 5.73 Å². The first-order valence-corrected chi connectivity index (χ1v) is 3.09. The summed E-state index contributed by atoms with van der Waals surface area (Å²) in [5, 5.41) is 0. The Morgan fingerprint density at radius 3 is 3.08 bits per heavy atom. The van der Waals surface area contributed by atoms with Crippen LogP contribution in [0, 0.1) is 6.20 Å². The van der Waals surface area contributed by atoms with Crippen molar-refractivity contribution in [3.05, 3.63) is 12.5 Å². The number of anilines is 1. The summed E-state index contributed by atoms with van der Waals surface area (Å²) in [5.41, 5.74) is 6.70. The Balaban J connectivity index is 0.000000720. The van der Waals surface area contributed by atoms with Crippen molar-refractivity contribution in [3.8, 4) is 0 Å². The van der Waals surface area contributed by atoms with Crippen LogP contribution in [0.4, 0.5) is 5.95 Å². The number of aromatic nitrogens is 4. The first kappa shape index (κ1) is 9.54. The summed E-state index contributed by atoms with van der Waals surface area (Å²) in [6.07, 6.45) is 4.32. The Kier molecular flexibility index (Phi) is 2.74. The van der Waals surface area contributed by atoms with Gasteiger partial charge in [0.1, 0.15) is 5.95 Å². The average Bonchev–Trinajstić information content (AvgIpc) is 2.33. The average molecular weight is 237 g/mol. The van der Waals surface area contributed by atoms with Crippen molar-refractivity contribution in [2.24, 2.45) is 7.05 Å². The van der Waals surface area contributed by atoms with Crippen LogP contribution in [0.3, 0.4) is 0 Å². The zero-order valence-electron chi connectivity index (χ0n) is 6.52. The van der Waals surface area contributed by atoms with Crippen LogP contribution in [0.1, 0.15) is 0 Å². The molecule has 0 fully saturated rings. The number of nitrogen functional groups attached to an aromatic ring is 1. The molecule has 1 radical (unpaired) electrons. The van der Waals surface area contributed by atoms with Crippen LogP contribution in [-0.4, -0.2) is 19.5 Å². The second kappa shape index (κ2) is 3.45. The summed E-state index contributed by atoms with van der Waals surface area (Å²) in [6.45, 7) is 0. The van der Waals surface area contributed by atoms with Gasteiger partial charge >= 0.3 is 0 Å². The maximum absolute atomic E-state index is 5.36. The van der Waals surface area contributed by atoms with Gasteiger partial charge in [0, 0.05) is 50.9 Å². The molecule has 0 bridgehead atoms. The predicted molar refractivity (Wildman–Crippen MR) is 39.6 cm³/mol. The van der Waals surface area contributed by atoms with E-state index in [1.54, 1.807) is 10.9 Å². The minimum absolute atomic E-state index is 0. The molecule has 2 heterocycles. The Labute approximate surface area is 94.3 Å². The van der Waals surface area contributed by atoms with Crippen LogP contribution in [0.15, 0.2) is 6.33 Å². The van der Waals surface area contributed by atoms with Crippen molar-refractivity contribution in [2.75, 3.05) is 5.73 Å². The second-order valence-corrected chi connectivity index (χ2v) is 2.22. The van der Waals surface area contributed by atoms with Crippen molar-refractivity contribution >= 4 is 17.1 Å². The van der Waals surface area contributed by atoms with Gasteiger partial charge in [-0.3, -0.25) is 4.98 Å². The smallest absolute Gasteiger partial charge is 0.105 e. The van der Waals surface area contributed by atoms with E-state index in [1.807, 2.05) is 7.05 Å². The van der Waals surface area contributed by atoms with Crippen LogP contribution in [0.2, 0.25) is 0 Å². The standard InChI is InChI=1S/C6H6N5.Y/c1-11-3-9-4-2-8-6(7)10-5(4)11;/h3H,1H3,(H2,7,8,10);/q-1;. The molecule has 0 spiro atoms. The molecule has 0 saturated carbocycles. The molecule has 12 heavy (non-hydrogen) atoms. The van der Waals surface area contributed by atoms with Gasteiger partial charge in [-0.15, -0.1) is 0 Å². The molecular weight excluding hydrogens is 231 g/mol. The molecule has 0 unspecified atom stereocenters. The van der Waals surface area contributed by atoms with E-state index in [0.29, 0.717) is 11.2 Å².